The van der Waals surface area contributed by atoms with Gasteiger partial charge >= 0.3 is 5.97 Å². The van der Waals surface area contributed by atoms with Crippen molar-refractivity contribution in [3.8, 4) is 11.1 Å². The van der Waals surface area contributed by atoms with Gasteiger partial charge < -0.3 is 5.11 Å². The van der Waals surface area contributed by atoms with Crippen LogP contribution >= 0.6 is 0 Å². The van der Waals surface area contributed by atoms with Crippen molar-refractivity contribution >= 4 is 5.97 Å². The second kappa shape index (κ2) is 5.45. The third kappa shape index (κ3) is 2.72. The normalized spacial score (nSPS) is 14.8. The number of hydrogen-bond acceptors (Lipinski definition) is 2. The second-order valence-electron chi connectivity index (χ2n) is 5.41. The molecule has 1 fully saturated rings. The standard InChI is InChI=1S/C17H17NO2/c19-17(20)8-12-7-16(11-18-10-12)15-6-2-5-14(9-15)13-3-1-4-13/h2,5-7,9-11,13H,1,3-4,8H2,(H,19,20). The Hall–Kier alpha value is -2.16. The highest BCUT2D eigenvalue weighted by molar-refractivity contribution is 5.71. The molecular formula is C17H17NO2. The van der Waals surface area contributed by atoms with E-state index in [-0.39, 0.29) is 6.42 Å². The predicted molar refractivity (Wildman–Crippen MR) is 77.6 cm³/mol. The van der Waals surface area contributed by atoms with Crippen LogP contribution in [-0.2, 0) is 11.2 Å². The van der Waals surface area contributed by atoms with Crippen molar-refractivity contribution in [3.05, 3.63) is 53.9 Å². The number of hydrogen-bond donors (Lipinski definition) is 1. The molecule has 102 valence electrons. The Kier molecular flexibility index (Phi) is 3.50. The van der Waals surface area contributed by atoms with E-state index in [1.807, 2.05) is 6.07 Å². The van der Waals surface area contributed by atoms with Gasteiger partial charge in [0.1, 0.15) is 0 Å². The molecule has 1 heterocycles. The summed E-state index contributed by atoms with van der Waals surface area (Å²) in [7, 11) is 0. The maximum Gasteiger partial charge on any atom is 0.307 e. The maximum absolute atomic E-state index is 10.8. The van der Waals surface area contributed by atoms with E-state index >= 15 is 0 Å². The average molecular weight is 267 g/mol. The molecule has 20 heavy (non-hydrogen) atoms. The van der Waals surface area contributed by atoms with Crippen LogP contribution < -0.4 is 0 Å². The summed E-state index contributed by atoms with van der Waals surface area (Å²) in [5.74, 6) is -0.128. The van der Waals surface area contributed by atoms with Gasteiger partial charge in [-0.15, -0.1) is 0 Å². The van der Waals surface area contributed by atoms with Gasteiger partial charge in [0.25, 0.3) is 0 Å². The summed E-state index contributed by atoms with van der Waals surface area (Å²) in [6.45, 7) is 0. The van der Waals surface area contributed by atoms with Crippen molar-refractivity contribution < 1.29 is 9.90 Å². The van der Waals surface area contributed by atoms with Gasteiger partial charge in [0, 0.05) is 18.0 Å². The molecule has 0 saturated heterocycles. The Morgan fingerprint density at radius 3 is 2.75 bits per heavy atom. The smallest absolute Gasteiger partial charge is 0.307 e. The SMILES string of the molecule is O=C(O)Cc1cncc(-c2cccc(C3CCC3)c2)c1. The molecule has 3 rings (SSSR count). The summed E-state index contributed by atoms with van der Waals surface area (Å²) in [4.78, 5) is 14.9. The Morgan fingerprint density at radius 2 is 2.05 bits per heavy atom. The zero-order chi connectivity index (χ0) is 13.9. The van der Waals surface area contributed by atoms with Crippen LogP contribution in [0.1, 0.15) is 36.3 Å². The number of benzene rings is 1. The molecule has 1 N–H and O–H groups in total. The van der Waals surface area contributed by atoms with E-state index in [2.05, 4.69) is 29.2 Å². The molecule has 0 unspecified atom stereocenters. The number of carbonyl (C=O) groups is 1. The highest BCUT2D eigenvalue weighted by atomic mass is 16.4. The van der Waals surface area contributed by atoms with Crippen LogP contribution in [0, 0.1) is 0 Å². The fourth-order valence-corrected chi connectivity index (χ4v) is 2.63. The molecule has 1 aliphatic carbocycles. The molecule has 0 atom stereocenters. The molecule has 3 heteroatoms. The monoisotopic (exact) mass is 267 g/mol. The highest BCUT2D eigenvalue weighted by Crippen LogP contribution is 2.37. The van der Waals surface area contributed by atoms with Crippen LogP contribution in [0.5, 0.6) is 0 Å². The third-order valence-electron chi connectivity index (χ3n) is 3.95. The van der Waals surface area contributed by atoms with Crippen molar-refractivity contribution in [1.82, 2.24) is 4.98 Å². The summed E-state index contributed by atoms with van der Waals surface area (Å²) in [6, 6.07) is 10.4. The number of nitrogens with zero attached hydrogens (tertiary/aromatic N) is 1. The van der Waals surface area contributed by atoms with E-state index in [1.54, 1.807) is 12.4 Å². The van der Waals surface area contributed by atoms with Crippen LogP contribution in [0.15, 0.2) is 42.7 Å². The third-order valence-corrected chi connectivity index (χ3v) is 3.95. The van der Waals surface area contributed by atoms with Crippen LogP contribution in [0.2, 0.25) is 0 Å². The fraction of sp³-hybridized carbons (Fsp3) is 0.294. The van der Waals surface area contributed by atoms with E-state index < -0.39 is 5.97 Å². The lowest BCUT2D eigenvalue weighted by atomic mass is 9.79. The Labute approximate surface area is 118 Å². The first-order valence-electron chi connectivity index (χ1n) is 6.98. The van der Waals surface area contributed by atoms with Crippen LogP contribution in [0.3, 0.4) is 0 Å². The molecule has 0 radical (unpaired) electrons. The zero-order valence-electron chi connectivity index (χ0n) is 11.2. The van der Waals surface area contributed by atoms with Crippen molar-refractivity contribution in [2.75, 3.05) is 0 Å². The zero-order valence-corrected chi connectivity index (χ0v) is 11.2. The summed E-state index contributed by atoms with van der Waals surface area (Å²) >= 11 is 0. The minimum Gasteiger partial charge on any atom is -0.481 e. The van der Waals surface area contributed by atoms with Crippen LogP contribution in [0.4, 0.5) is 0 Å². The number of carboxylic acid groups (broad SMARTS) is 1. The van der Waals surface area contributed by atoms with Gasteiger partial charge in [0.05, 0.1) is 6.42 Å². The van der Waals surface area contributed by atoms with Gasteiger partial charge in [0.2, 0.25) is 0 Å². The number of rotatable bonds is 4. The van der Waals surface area contributed by atoms with Crippen LogP contribution in [-0.4, -0.2) is 16.1 Å². The van der Waals surface area contributed by atoms with E-state index in [0.717, 1.165) is 16.7 Å². The van der Waals surface area contributed by atoms with Gasteiger partial charge in [0.15, 0.2) is 0 Å². The number of carboxylic acids is 1. The molecule has 0 spiro atoms. The summed E-state index contributed by atoms with van der Waals surface area (Å²) < 4.78 is 0. The van der Waals surface area contributed by atoms with E-state index in [0.29, 0.717) is 5.92 Å². The number of pyridine rings is 1. The first-order chi connectivity index (χ1) is 9.72. The first-order valence-corrected chi connectivity index (χ1v) is 6.98. The van der Waals surface area contributed by atoms with Gasteiger partial charge in [-0.05, 0) is 41.5 Å². The second-order valence-corrected chi connectivity index (χ2v) is 5.41. The molecule has 0 bridgehead atoms. The molecule has 0 aliphatic heterocycles. The van der Waals surface area contributed by atoms with Gasteiger partial charge in [-0.2, -0.15) is 0 Å². The van der Waals surface area contributed by atoms with Crippen LogP contribution in [0.25, 0.3) is 11.1 Å². The van der Waals surface area contributed by atoms with Crippen molar-refractivity contribution in [1.29, 1.82) is 0 Å². The minimum atomic E-state index is -0.827. The minimum absolute atomic E-state index is 0.0170. The van der Waals surface area contributed by atoms with E-state index in [1.165, 1.54) is 24.8 Å². The first kappa shape index (κ1) is 12.9. The molecule has 3 nitrogen and oxygen atoms in total. The maximum atomic E-state index is 10.8. The molecule has 1 aromatic carbocycles. The molecular weight excluding hydrogens is 250 g/mol. The molecule has 1 saturated carbocycles. The quantitative estimate of drug-likeness (QED) is 0.920. The summed E-state index contributed by atoms with van der Waals surface area (Å²) in [5.41, 5.74) is 4.24. The topological polar surface area (TPSA) is 50.2 Å². The van der Waals surface area contributed by atoms with Crippen molar-refractivity contribution in [3.63, 3.8) is 0 Å². The molecule has 2 aromatic rings. The fourth-order valence-electron chi connectivity index (χ4n) is 2.63. The summed E-state index contributed by atoms with van der Waals surface area (Å²) in [6.07, 6.45) is 7.31. The van der Waals surface area contributed by atoms with Gasteiger partial charge in [-0.3, -0.25) is 9.78 Å². The largest absolute Gasteiger partial charge is 0.481 e. The summed E-state index contributed by atoms with van der Waals surface area (Å²) in [5, 5.41) is 8.86. The molecule has 1 aliphatic rings. The highest BCUT2D eigenvalue weighted by Gasteiger charge is 2.19. The van der Waals surface area contributed by atoms with Gasteiger partial charge in [-0.25, -0.2) is 0 Å². The van der Waals surface area contributed by atoms with Crippen molar-refractivity contribution in [2.45, 2.75) is 31.6 Å². The van der Waals surface area contributed by atoms with E-state index in [4.69, 9.17) is 5.11 Å². The van der Waals surface area contributed by atoms with Gasteiger partial charge in [-0.1, -0.05) is 30.7 Å². The number of aliphatic carboxylic acids is 1. The van der Waals surface area contributed by atoms with E-state index in [9.17, 15) is 4.79 Å². The Balaban J connectivity index is 1.89. The average Bonchev–Trinajstić information content (AvgIpc) is 2.37. The lowest BCUT2D eigenvalue weighted by Gasteiger charge is -2.26. The predicted octanol–water partition coefficient (Wildman–Crippen LogP) is 3.64. The molecule has 1 aromatic heterocycles. The lowest BCUT2D eigenvalue weighted by molar-refractivity contribution is -0.136. The van der Waals surface area contributed by atoms with Crippen molar-refractivity contribution in [2.24, 2.45) is 0 Å². The molecule has 0 amide bonds. The number of aromatic nitrogens is 1. The Bertz CT molecular complexity index is 632. The lowest BCUT2D eigenvalue weighted by Crippen LogP contribution is -2.08. The Morgan fingerprint density at radius 1 is 1.20 bits per heavy atom.